The Labute approximate surface area is 188 Å². The number of nitrogens with one attached hydrogen (secondary N) is 1. The van der Waals surface area contributed by atoms with Gasteiger partial charge in [-0.3, -0.25) is 24.6 Å². The number of phenols is 1. The van der Waals surface area contributed by atoms with Crippen molar-refractivity contribution in [1.82, 2.24) is 5.32 Å². The molecule has 1 fully saturated rings. The Balaban J connectivity index is 1.58. The summed E-state index contributed by atoms with van der Waals surface area (Å²) in [5, 5.41) is 11.7. The molecule has 1 saturated heterocycles. The summed E-state index contributed by atoms with van der Waals surface area (Å²) in [4.78, 5) is 39.0. The molecule has 3 aromatic carbocycles. The molecule has 0 aromatic heterocycles. The molecule has 158 valence electrons. The molecule has 0 bridgehead atoms. The van der Waals surface area contributed by atoms with Gasteiger partial charge in [-0.2, -0.15) is 0 Å². The molecule has 7 nitrogen and oxygen atoms in total. The molecule has 0 unspecified atom stereocenters. The number of hydrogen-bond acceptors (Lipinski definition) is 6. The molecule has 4 rings (SSSR count). The van der Waals surface area contributed by atoms with Crippen LogP contribution in [0, 0.1) is 0 Å². The first-order chi connectivity index (χ1) is 15.4. The minimum Gasteiger partial charge on any atom is -0.508 e. The zero-order valence-electron chi connectivity index (χ0n) is 16.5. The number of ether oxygens (including phenoxy) is 1. The number of rotatable bonds is 5. The van der Waals surface area contributed by atoms with E-state index in [2.05, 4.69) is 5.32 Å². The Morgan fingerprint density at radius 2 is 1.53 bits per heavy atom. The fourth-order valence-electron chi connectivity index (χ4n) is 3.02. The average Bonchev–Trinajstić information content (AvgIpc) is 2.79. The van der Waals surface area contributed by atoms with E-state index < -0.39 is 17.6 Å². The number of carbonyl (C=O) groups excluding carboxylic acids is 3. The minimum atomic E-state index is -0.757. The number of aromatic hydroxyl groups is 1. The molecule has 1 aliphatic rings. The van der Waals surface area contributed by atoms with Crippen LogP contribution in [0.15, 0.2) is 90.5 Å². The Kier molecular flexibility index (Phi) is 5.78. The number of amides is 2. The van der Waals surface area contributed by atoms with Crippen molar-refractivity contribution in [3.8, 4) is 17.2 Å². The first-order valence-electron chi connectivity index (χ1n) is 9.50. The number of para-hydroxylation sites is 1. The van der Waals surface area contributed by atoms with Gasteiger partial charge in [0.25, 0.3) is 11.8 Å². The van der Waals surface area contributed by atoms with E-state index in [1.165, 1.54) is 24.3 Å². The van der Waals surface area contributed by atoms with Crippen molar-refractivity contribution in [3.05, 3.63) is 96.1 Å². The fraction of sp³-hybridized carbons (Fsp3) is 0. The van der Waals surface area contributed by atoms with E-state index in [0.29, 0.717) is 17.2 Å². The quantitative estimate of drug-likeness (QED) is 0.269. The van der Waals surface area contributed by atoms with Crippen molar-refractivity contribution in [2.24, 2.45) is 0 Å². The highest BCUT2D eigenvalue weighted by Crippen LogP contribution is 2.26. The van der Waals surface area contributed by atoms with Gasteiger partial charge in [0.15, 0.2) is 10.9 Å². The fourth-order valence-corrected chi connectivity index (χ4v) is 3.30. The Morgan fingerprint density at radius 1 is 0.906 bits per heavy atom. The smallest absolute Gasteiger partial charge is 0.270 e. The number of hydrogen-bond donors (Lipinski definition) is 2. The van der Waals surface area contributed by atoms with E-state index in [1.807, 2.05) is 30.3 Å². The number of benzene rings is 3. The predicted molar refractivity (Wildman–Crippen MR) is 122 cm³/mol. The van der Waals surface area contributed by atoms with Gasteiger partial charge in [0.2, 0.25) is 0 Å². The molecule has 2 amide bonds. The molecular formula is C24H16N2O5S. The maximum atomic E-state index is 13.0. The monoisotopic (exact) mass is 444 g/mol. The summed E-state index contributed by atoms with van der Waals surface area (Å²) in [6, 6.07) is 21.3. The van der Waals surface area contributed by atoms with Gasteiger partial charge in [0.1, 0.15) is 22.8 Å². The lowest BCUT2D eigenvalue weighted by molar-refractivity contribution is -0.122. The Bertz CT molecular complexity index is 1240. The lowest BCUT2D eigenvalue weighted by Crippen LogP contribution is -2.54. The van der Waals surface area contributed by atoms with Crippen LogP contribution in [0.25, 0.3) is 0 Å². The standard InChI is InChI=1S/C24H16N2O5S/c27-17-10-6-15(7-11-17)21(28)14-20-22(29)25-24(32)26(23(20)30)16-8-12-19(13-9-16)31-18-4-2-1-3-5-18/h1-14,27H,(H,25,29,32)/b20-14+. The summed E-state index contributed by atoms with van der Waals surface area (Å²) < 4.78 is 5.74. The highest BCUT2D eigenvalue weighted by atomic mass is 32.1. The first-order valence-corrected chi connectivity index (χ1v) is 9.91. The van der Waals surface area contributed by atoms with Crippen LogP contribution in [0.3, 0.4) is 0 Å². The molecule has 1 heterocycles. The molecule has 0 atom stereocenters. The van der Waals surface area contributed by atoms with Crippen LogP contribution in [0.2, 0.25) is 0 Å². The summed E-state index contributed by atoms with van der Waals surface area (Å²) in [6.07, 6.45) is 0.964. The highest BCUT2D eigenvalue weighted by molar-refractivity contribution is 7.80. The van der Waals surface area contributed by atoms with Crippen molar-refractivity contribution in [2.45, 2.75) is 0 Å². The van der Waals surface area contributed by atoms with Gasteiger partial charge in [-0.1, -0.05) is 18.2 Å². The summed E-state index contributed by atoms with van der Waals surface area (Å²) in [6.45, 7) is 0. The first kappa shape index (κ1) is 21.0. The van der Waals surface area contributed by atoms with Gasteiger partial charge in [-0.25, -0.2) is 0 Å². The largest absolute Gasteiger partial charge is 0.508 e. The van der Waals surface area contributed by atoms with Crippen LogP contribution in [0.1, 0.15) is 10.4 Å². The number of thiocarbonyl (C=S) groups is 1. The van der Waals surface area contributed by atoms with Crippen molar-refractivity contribution in [1.29, 1.82) is 0 Å². The third-order valence-electron chi connectivity index (χ3n) is 4.60. The third kappa shape index (κ3) is 4.40. The number of phenolic OH excluding ortho intramolecular Hbond substituents is 1. The van der Waals surface area contributed by atoms with E-state index in [-0.39, 0.29) is 22.0 Å². The van der Waals surface area contributed by atoms with E-state index in [9.17, 15) is 19.5 Å². The average molecular weight is 444 g/mol. The summed E-state index contributed by atoms with van der Waals surface area (Å²) in [5.41, 5.74) is 0.280. The van der Waals surface area contributed by atoms with Gasteiger partial charge < -0.3 is 9.84 Å². The van der Waals surface area contributed by atoms with Crippen LogP contribution >= 0.6 is 12.2 Å². The van der Waals surface area contributed by atoms with E-state index in [0.717, 1.165) is 11.0 Å². The van der Waals surface area contributed by atoms with Crippen LogP contribution in [0.4, 0.5) is 5.69 Å². The molecule has 0 saturated carbocycles. The molecule has 8 heteroatoms. The van der Waals surface area contributed by atoms with Crippen molar-refractivity contribution in [3.63, 3.8) is 0 Å². The minimum absolute atomic E-state index is 0.00287. The van der Waals surface area contributed by atoms with Gasteiger partial charge in [0.05, 0.1) is 5.69 Å². The number of nitrogens with zero attached hydrogens (tertiary/aromatic N) is 1. The Morgan fingerprint density at radius 3 is 2.19 bits per heavy atom. The lowest BCUT2D eigenvalue weighted by Gasteiger charge is -2.28. The van der Waals surface area contributed by atoms with Crippen molar-refractivity contribution in [2.75, 3.05) is 4.90 Å². The van der Waals surface area contributed by atoms with Gasteiger partial charge in [-0.05, 0) is 72.9 Å². The molecule has 1 aliphatic heterocycles. The molecule has 2 N–H and O–H groups in total. The highest BCUT2D eigenvalue weighted by Gasteiger charge is 2.35. The zero-order chi connectivity index (χ0) is 22.7. The van der Waals surface area contributed by atoms with E-state index in [1.54, 1.807) is 24.3 Å². The number of anilines is 1. The van der Waals surface area contributed by atoms with Gasteiger partial charge in [0, 0.05) is 11.6 Å². The van der Waals surface area contributed by atoms with Gasteiger partial charge >= 0.3 is 0 Å². The summed E-state index contributed by atoms with van der Waals surface area (Å²) in [7, 11) is 0. The molecule has 0 aliphatic carbocycles. The zero-order valence-corrected chi connectivity index (χ0v) is 17.3. The second-order valence-electron chi connectivity index (χ2n) is 6.78. The van der Waals surface area contributed by atoms with Crippen LogP contribution in [-0.2, 0) is 9.59 Å². The van der Waals surface area contributed by atoms with Crippen LogP contribution in [-0.4, -0.2) is 27.8 Å². The maximum absolute atomic E-state index is 13.0. The number of carbonyl (C=O) groups is 3. The molecule has 0 radical (unpaired) electrons. The molecule has 32 heavy (non-hydrogen) atoms. The normalized spacial score (nSPS) is 14.9. The van der Waals surface area contributed by atoms with E-state index >= 15 is 0 Å². The third-order valence-corrected chi connectivity index (χ3v) is 4.89. The SMILES string of the molecule is O=C1NC(=S)N(c2ccc(Oc3ccccc3)cc2)C(=O)/C1=C/C(=O)c1ccc(O)cc1. The second kappa shape index (κ2) is 8.83. The maximum Gasteiger partial charge on any atom is 0.270 e. The number of allylic oxidation sites excluding steroid dienone is 1. The lowest BCUT2D eigenvalue weighted by atomic mass is 10.0. The van der Waals surface area contributed by atoms with Crippen molar-refractivity contribution < 1.29 is 24.2 Å². The molecular weight excluding hydrogens is 428 g/mol. The summed E-state index contributed by atoms with van der Waals surface area (Å²) in [5.74, 6) is -0.817. The topological polar surface area (TPSA) is 95.9 Å². The summed E-state index contributed by atoms with van der Waals surface area (Å²) >= 11 is 5.18. The van der Waals surface area contributed by atoms with Crippen LogP contribution in [0.5, 0.6) is 17.2 Å². The molecule has 3 aromatic rings. The molecule has 0 spiro atoms. The Hall–Kier alpha value is -4.30. The van der Waals surface area contributed by atoms with E-state index in [4.69, 9.17) is 17.0 Å². The second-order valence-corrected chi connectivity index (χ2v) is 7.16. The van der Waals surface area contributed by atoms with Crippen molar-refractivity contribution >= 4 is 40.6 Å². The van der Waals surface area contributed by atoms with Gasteiger partial charge in [-0.15, -0.1) is 0 Å². The van der Waals surface area contributed by atoms with Crippen LogP contribution < -0.4 is 15.0 Å². The number of ketones is 1. The predicted octanol–water partition coefficient (Wildman–Crippen LogP) is 3.74.